The predicted octanol–water partition coefficient (Wildman–Crippen LogP) is 3.19. The van der Waals surface area contributed by atoms with Crippen molar-refractivity contribution in [2.24, 2.45) is 5.92 Å². The van der Waals surface area contributed by atoms with Crippen LogP contribution in [-0.2, 0) is 19.3 Å². The summed E-state index contributed by atoms with van der Waals surface area (Å²) in [5.74, 6) is 0.960. The number of ether oxygens (including phenoxy) is 1. The first-order valence-corrected chi connectivity index (χ1v) is 9.56. The number of alkyl halides is 3. The van der Waals surface area contributed by atoms with E-state index in [1.807, 2.05) is 13.8 Å². The lowest BCUT2D eigenvalue weighted by Gasteiger charge is -2.32. The molecule has 6 nitrogen and oxygen atoms in total. The molecule has 0 aromatic carbocycles. The van der Waals surface area contributed by atoms with Crippen molar-refractivity contribution in [3.05, 3.63) is 51.2 Å². The fourth-order valence-electron chi connectivity index (χ4n) is 3.74. The number of hydrogen-bond donors (Lipinski definition) is 0. The number of rotatable bonds is 5. The molecule has 3 rings (SSSR count). The molecule has 2 aromatic heterocycles. The van der Waals surface area contributed by atoms with Crippen molar-refractivity contribution in [1.82, 2.24) is 19.7 Å². The van der Waals surface area contributed by atoms with E-state index in [2.05, 4.69) is 15.0 Å². The van der Waals surface area contributed by atoms with E-state index in [0.29, 0.717) is 6.54 Å². The minimum Gasteiger partial charge on any atom is -0.496 e. The molecule has 1 aliphatic rings. The number of aryl methyl sites for hydroxylation is 1. The van der Waals surface area contributed by atoms with E-state index in [1.54, 1.807) is 13.3 Å². The second-order valence-corrected chi connectivity index (χ2v) is 7.50. The third-order valence-electron chi connectivity index (χ3n) is 5.42. The minimum atomic E-state index is -4.56. The number of piperidine rings is 1. The lowest BCUT2D eigenvalue weighted by Crippen LogP contribution is -2.37. The lowest BCUT2D eigenvalue weighted by atomic mass is 9.96. The van der Waals surface area contributed by atoms with Crippen LogP contribution in [0.2, 0.25) is 0 Å². The second-order valence-electron chi connectivity index (χ2n) is 7.50. The van der Waals surface area contributed by atoms with Gasteiger partial charge < -0.3 is 4.74 Å². The van der Waals surface area contributed by atoms with Gasteiger partial charge in [-0.05, 0) is 51.8 Å². The fraction of sp³-hybridized carbons (Fsp3) is 0.550. The Bertz CT molecular complexity index is 919. The van der Waals surface area contributed by atoms with Gasteiger partial charge in [-0.2, -0.15) is 18.3 Å². The number of aromatic nitrogens is 3. The summed E-state index contributed by atoms with van der Waals surface area (Å²) in [6, 6.07) is 1.66. The Kier molecular flexibility index (Phi) is 6.26. The normalized spacial score (nSPS) is 16.2. The van der Waals surface area contributed by atoms with Crippen LogP contribution in [0.3, 0.4) is 0 Å². The van der Waals surface area contributed by atoms with E-state index in [0.717, 1.165) is 65.3 Å². The Morgan fingerprint density at radius 3 is 2.52 bits per heavy atom. The summed E-state index contributed by atoms with van der Waals surface area (Å²) < 4.78 is 44.9. The van der Waals surface area contributed by atoms with Gasteiger partial charge in [0.15, 0.2) is 5.69 Å². The van der Waals surface area contributed by atoms with Crippen molar-refractivity contribution < 1.29 is 17.9 Å². The molecule has 1 fully saturated rings. The molecule has 1 aliphatic heterocycles. The highest BCUT2D eigenvalue weighted by molar-refractivity contribution is 5.41. The van der Waals surface area contributed by atoms with Crippen LogP contribution in [0.1, 0.15) is 35.4 Å². The van der Waals surface area contributed by atoms with Crippen LogP contribution in [0.15, 0.2) is 23.1 Å². The molecule has 1 saturated heterocycles. The van der Waals surface area contributed by atoms with Gasteiger partial charge in [-0.3, -0.25) is 14.7 Å². The molecule has 9 heteroatoms. The predicted molar refractivity (Wildman–Crippen MR) is 102 cm³/mol. The molecule has 0 aliphatic carbocycles. The average molecular weight is 410 g/mol. The molecule has 3 heterocycles. The summed E-state index contributed by atoms with van der Waals surface area (Å²) in [6.45, 7) is 6.42. The van der Waals surface area contributed by atoms with Crippen molar-refractivity contribution in [3.63, 3.8) is 0 Å². The molecule has 0 atom stereocenters. The van der Waals surface area contributed by atoms with Crippen LogP contribution in [-0.4, -0.2) is 39.9 Å². The van der Waals surface area contributed by atoms with E-state index in [4.69, 9.17) is 4.74 Å². The maximum atomic E-state index is 12.8. The Labute approximate surface area is 167 Å². The van der Waals surface area contributed by atoms with Crippen molar-refractivity contribution in [2.75, 3.05) is 20.2 Å². The van der Waals surface area contributed by atoms with Crippen molar-refractivity contribution in [1.29, 1.82) is 0 Å². The van der Waals surface area contributed by atoms with Gasteiger partial charge in [-0.25, -0.2) is 4.68 Å². The smallest absolute Gasteiger partial charge is 0.435 e. The van der Waals surface area contributed by atoms with E-state index >= 15 is 0 Å². The molecule has 0 saturated carbocycles. The monoisotopic (exact) mass is 410 g/mol. The molecule has 2 aromatic rings. The first-order chi connectivity index (χ1) is 13.7. The maximum Gasteiger partial charge on any atom is 0.435 e. The highest BCUT2D eigenvalue weighted by Gasteiger charge is 2.33. The van der Waals surface area contributed by atoms with E-state index in [-0.39, 0.29) is 12.5 Å². The van der Waals surface area contributed by atoms with Gasteiger partial charge in [0.05, 0.1) is 12.8 Å². The number of halogens is 3. The van der Waals surface area contributed by atoms with Gasteiger partial charge in [0, 0.05) is 36.5 Å². The van der Waals surface area contributed by atoms with E-state index in [1.165, 1.54) is 0 Å². The SMILES string of the molecule is COc1c(C)cnc(CN2CCC(Cn3nc(C(F)(F)F)ccc3=O)CC2)c1C. The van der Waals surface area contributed by atoms with Gasteiger partial charge in [-0.15, -0.1) is 0 Å². The Morgan fingerprint density at radius 1 is 1.21 bits per heavy atom. The highest BCUT2D eigenvalue weighted by Crippen LogP contribution is 2.28. The number of pyridine rings is 1. The Balaban J connectivity index is 1.61. The molecule has 0 bridgehead atoms. The van der Waals surface area contributed by atoms with E-state index < -0.39 is 17.4 Å². The van der Waals surface area contributed by atoms with Crippen LogP contribution < -0.4 is 10.3 Å². The molecule has 0 unspecified atom stereocenters. The standard InChI is InChI=1S/C20H25F3N4O2/c1-13-10-24-16(14(2)19(13)29-3)12-26-8-6-15(7-9-26)11-27-18(28)5-4-17(25-27)20(21,22)23/h4-5,10,15H,6-9,11-12H2,1-3H3. The summed E-state index contributed by atoms with van der Waals surface area (Å²) in [7, 11) is 1.65. The van der Waals surface area contributed by atoms with Crippen LogP contribution in [0.4, 0.5) is 13.2 Å². The second kappa shape index (κ2) is 8.52. The number of nitrogens with zero attached hydrogens (tertiary/aromatic N) is 4. The first kappa shape index (κ1) is 21.3. The Hall–Kier alpha value is -2.42. The first-order valence-electron chi connectivity index (χ1n) is 9.56. The van der Waals surface area contributed by atoms with Gasteiger partial charge in [0.2, 0.25) is 0 Å². The van der Waals surface area contributed by atoms with Crippen LogP contribution >= 0.6 is 0 Å². The molecule has 0 N–H and O–H groups in total. The summed E-state index contributed by atoms with van der Waals surface area (Å²) in [6.07, 6.45) is -1.18. The van der Waals surface area contributed by atoms with Gasteiger partial charge in [0.1, 0.15) is 5.75 Å². The molecule has 0 radical (unpaired) electrons. The minimum absolute atomic E-state index is 0.113. The zero-order chi connectivity index (χ0) is 21.2. The van der Waals surface area contributed by atoms with Gasteiger partial charge >= 0.3 is 6.18 Å². The summed E-state index contributed by atoms with van der Waals surface area (Å²) in [4.78, 5) is 18.7. The topological polar surface area (TPSA) is 60.2 Å². The van der Waals surface area contributed by atoms with Crippen molar-refractivity contribution in [2.45, 2.75) is 46.0 Å². The zero-order valence-corrected chi connectivity index (χ0v) is 16.8. The summed E-state index contributed by atoms with van der Waals surface area (Å²) in [5.41, 5.74) is 1.43. The average Bonchev–Trinajstić information content (AvgIpc) is 2.67. The number of likely N-dealkylation sites (tertiary alicyclic amines) is 1. The quantitative estimate of drug-likeness (QED) is 0.758. The zero-order valence-electron chi connectivity index (χ0n) is 16.8. The molecule has 0 spiro atoms. The number of hydrogen-bond acceptors (Lipinski definition) is 5. The van der Waals surface area contributed by atoms with Crippen LogP contribution in [0.25, 0.3) is 0 Å². The van der Waals surface area contributed by atoms with Crippen LogP contribution in [0.5, 0.6) is 5.75 Å². The number of methoxy groups -OCH3 is 1. The highest BCUT2D eigenvalue weighted by atomic mass is 19.4. The van der Waals surface area contributed by atoms with Crippen LogP contribution in [0, 0.1) is 19.8 Å². The van der Waals surface area contributed by atoms with Gasteiger partial charge in [-0.1, -0.05) is 0 Å². The van der Waals surface area contributed by atoms with Crippen molar-refractivity contribution in [3.8, 4) is 5.75 Å². The largest absolute Gasteiger partial charge is 0.496 e. The Morgan fingerprint density at radius 2 is 1.90 bits per heavy atom. The molecule has 158 valence electrons. The third kappa shape index (κ3) is 4.95. The van der Waals surface area contributed by atoms with Crippen molar-refractivity contribution >= 4 is 0 Å². The molecular weight excluding hydrogens is 385 g/mol. The van der Waals surface area contributed by atoms with Gasteiger partial charge in [0.25, 0.3) is 5.56 Å². The molecular formula is C20H25F3N4O2. The summed E-state index contributed by atoms with van der Waals surface area (Å²) in [5, 5.41) is 3.51. The fourth-order valence-corrected chi connectivity index (χ4v) is 3.74. The maximum absolute atomic E-state index is 12.8. The third-order valence-corrected chi connectivity index (χ3v) is 5.42. The van der Waals surface area contributed by atoms with E-state index in [9.17, 15) is 18.0 Å². The summed E-state index contributed by atoms with van der Waals surface area (Å²) >= 11 is 0. The molecule has 0 amide bonds. The molecule has 29 heavy (non-hydrogen) atoms. The lowest BCUT2D eigenvalue weighted by molar-refractivity contribution is -0.142.